The van der Waals surface area contributed by atoms with Crippen LogP contribution >= 0.6 is 0 Å². The Hall–Kier alpha value is -0.120. The van der Waals surface area contributed by atoms with E-state index >= 15 is 0 Å². The van der Waals surface area contributed by atoms with Crippen molar-refractivity contribution in [3.63, 3.8) is 0 Å². The normalized spacial score (nSPS) is 30.7. The zero-order valence-corrected chi connectivity index (χ0v) is 8.95. The van der Waals surface area contributed by atoms with E-state index in [9.17, 15) is 0 Å². The van der Waals surface area contributed by atoms with Gasteiger partial charge in [0.2, 0.25) is 0 Å². The third-order valence-electron chi connectivity index (χ3n) is 2.62. The van der Waals surface area contributed by atoms with Crippen LogP contribution in [-0.2, 0) is 9.47 Å². The van der Waals surface area contributed by atoms with Crippen molar-refractivity contribution in [3.8, 4) is 0 Å². The quantitative estimate of drug-likeness (QED) is 0.616. The lowest BCUT2D eigenvalue weighted by atomic mass is 10.1. The molecule has 0 aromatic carbocycles. The molecule has 1 aliphatic heterocycles. The molecule has 1 saturated heterocycles. The summed E-state index contributed by atoms with van der Waals surface area (Å²) in [5, 5.41) is 0. The Morgan fingerprint density at radius 1 is 1.31 bits per heavy atom. The van der Waals surface area contributed by atoms with Crippen LogP contribution in [0.1, 0.15) is 20.3 Å². The largest absolute Gasteiger partial charge is 0.385 e. The van der Waals surface area contributed by atoms with Crippen molar-refractivity contribution in [1.29, 1.82) is 0 Å². The lowest BCUT2D eigenvalue weighted by molar-refractivity contribution is -0.0389. The SMILES string of the molecule is COCCCN1[C@@H](C)COC[C@@H]1C. The van der Waals surface area contributed by atoms with Crippen LogP contribution in [0, 0.1) is 0 Å². The maximum Gasteiger partial charge on any atom is 0.0620 e. The summed E-state index contributed by atoms with van der Waals surface area (Å²) in [7, 11) is 1.76. The smallest absolute Gasteiger partial charge is 0.0620 e. The van der Waals surface area contributed by atoms with Gasteiger partial charge in [-0.1, -0.05) is 0 Å². The molecule has 1 heterocycles. The summed E-state index contributed by atoms with van der Waals surface area (Å²) < 4.78 is 10.5. The molecule has 78 valence electrons. The average Bonchev–Trinajstić information content (AvgIpc) is 2.10. The lowest BCUT2D eigenvalue weighted by Crippen LogP contribution is -2.49. The van der Waals surface area contributed by atoms with Crippen LogP contribution in [0.4, 0.5) is 0 Å². The van der Waals surface area contributed by atoms with Gasteiger partial charge >= 0.3 is 0 Å². The van der Waals surface area contributed by atoms with Gasteiger partial charge in [0.05, 0.1) is 13.2 Å². The Bertz CT molecular complexity index is 131. The summed E-state index contributed by atoms with van der Waals surface area (Å²) >= 11 is 0. The van der Waals surface area contributed by atoms with Crippen LogP contribution < -0.4 is 0 Å². The van der Waals surface area contributed by atoms with Gasteiger partial charge in [-0.15, -0.1) is 0 Å². The van der Waals surface area contributed by atoms with Crippen molar-refractivity contribution in [1.82, 2.24) is 4.90 Å². The molecule has 1 aliphatic rings. The van der Waals surface area contributed by atoms with E-state index < -0.39 is 0 Å². The minimum atomic E-state index is 0.556. The monoisotopic (exact) mass is 187 g/mol. The highest BCUT2D eigenvalue weighted by atomic mass is 16.5. The van der Waals surface area contributed by atoms with Crippen LogP contribution in [-0.4, -0.2) is 50.5 Å². The number of morpholine rings is 1. The summed E-state index contributed by atoms with van der Waals surface area (Å²) in [6, 6.07) is 1.11. The number of nitrogens with zero attached hydrogens (tertiary/aromatic N) is 1. The first-order valence-electron chi connectivity index (χ1n) is 5.08. The Balaban J connectivity index is 2.26. The second kappa shape index (κ2) is 5.58. The molecular formula is C10H21NO2. The summed E-state index contributed by atoms with van der Waals surface area (Å²) in [5.74, 6) is 0. The summed E-state index contributed by atoms with van der Waals surface area (Å²) in [6.07, 6.45) is 1.12. The average molecular weight is 187 g/mol. The van der Waals surface area contributed by atoms with Gasteiger partial charge in [0.1, 0.15) is 0 Å². The van der Waals surface area contributed by atoms with Crippen molar-refractivity contribution < 1.29 is 9.47 Å². The van der Waals surface area contributed by atoms with E-state index in [4.69, 9.17) is 9.47 Å². The van der Waals surface area contributed by atoms with Crippen molar-refractivity contribution in [3.05, 3.63) is 0 Å². The van der Waals surface area contributed by atoms with Gasteiger partial charge in [-0.3, -0.25) is 4.90 Å². The van der Waals surface area contributed by atoms with Crippen molar-refractivity contribution >= 4 is 0 Å². The molecule has 13 heavy (non-hydrogen) atoms. The number of hydrogen-bond acceptors (Lipinski definition) is 3. The van der Waals surface area contributed by atoms with Gasteiger partial charge in [-0.05, 0) is 20.3 Å². The third-order valence-corrected chi connectivity index (χ3v) is 2.62. The Labute approximate surface area is 81.0 Å². The highest BCUT2D eigenvalue weighted by molar-refractivity contribution is 4.77. The van der Waals surface area contributed by atoms with Crippen LogP contribution in [0.3, 0.4) is 0 Å². The first-order chi connectivity index (χ1) is 6.25. The second-order valence-corrected chi connectivity index (χ2v) is 3.82. The van der Waals surface area contributed by atoms with Gasteiger partial charge in [0, 0.05) is 32.3 Å². The zero-order chi connectivity index (χ0) is 9.68. The zero-order valence-electron chi connectivity index (χ0n) is 8.95. The van der Waals surface area contributed by atoms with Crippen LogP contribution in [0.25, 0.3) is 0 Å². The summed E-state index contributed by atoms with van der Waals surface area (Å²) in [6.45, 7) is 8.18. The van der Waals surface area contributed by atoms with Crippen LogP contribution in [0.15, 0.2) is 0 Å². The number of hydrogen-bond donors (Lipinski definition) is 0. The predicted octanol–water partition coefficient (Wildman–Crippen LogP) is 1.13. The topological polar surface area (TPSA) is 21.7 Å². The predicted molar refractivity (Wildman–Crippen MR) is 52.9 cm³/mol. The van der Waals surface area contributed by atoms with Crippen LogP contribution in [0.2, 0.25) is 0 Å². The fraction of sp³-hybridized carbons (Fsp3) is 1.00. The van der Waals surface area contributed by atoms with E-state index in [0.29, 0.717) is 12.1 Å². The fourth-order valence-electron chi connectivity index (χ4n) is 1.87. The van der Waals surface area contributed by atoms with Crippen LogP contribution in [0.5, 0.6) is 0 Å². The minimum Gasteiger partial charge on any atom is -0.385 e. The number of ether oxygens (including phenoxy) is 2. The Morgan fingerprint density at radius 3 is 2.46 bits per heavy atom. The fourth-order valence-corrected chi connectivity index (χ4v) is 1.87. The van der Waals surface area contributed by atoms with Gasteiger partial charge in [0.25, 0.3) is 0 Å². The number of methoxy groups -OCH3 is 1. The molecule has 0 amide bonds. The summed E-state index contributed by atoms with van der Waals surface area (Å²) in [5.41, 5.74) is 0. The van der Waals surface area contributed by atoms with E-state index in [0.717, 1.165) is 32.8 Å². The van der Waals surface area contributed by atoms with Crippen molar-refractivity contribution in [2.24, 2.45) is 0 Å². The molecule has 0 N–H and O–H groups in total. The molecule has 0 aromatic heterocycles. The molecule has 0 saturated carbocycles. The standard InChI is InChI=1S/C10H21NO2/c1-9-7-13-8-10(2)11(9)5-4-6-12-3/h9-10H,4-8H2,1-3H3/t9-,10-/m0/s1. The van der Waals surface area contributed by atoms with Gasteiger partial charge in [-0.25, -0.2) is 0 Å². The minimum absolute atomic E-state index is 0.556. The molecule has 0 aromatic rings. The molecule has 1 fully saturated rings. The van der Waals surface area contributed by atoms with E-state index in [1.807, 2.05) is 0 Å². The van der Waals surface area contributed by atoms with E-state index in [1.165, 1.54) is 0 Å². The van der Waals surface area contributed by atoms with Crippen molar-refractivity contribution in [2.75, 3.05) is 33.5 Å². The lowest BCUT2D eigenvalue weighted by Gasteiger charge is -2.38. The van der Waals surface area contributed by atoms with E-state index in [2.05, 4.69) is 18.7 Å². The Kier molecular flexibility index (Phi) is 4.70. The third kappa shape index (κ3) is 3.25. The summed E-state index contributed by atoms with van der Waals surface area (Å²) in [4.78, 5) is 2.50. The molecule has 3 heteroatoms. The van der Waals surface area contributed by atoms with Gasteiger partial charge in [-0.2, -0.15) is 0 Å². The molecule has 0 spiro atoms. The highest BCUT2D eigenvalue weighted by Crippen LogP contribution is 2.12. The maximum atomic E-state index is 5.46. The van der Waals surface area contributed by atoms with Crippen molar-refractivity contribution in [2.45, 2.75) is 32.4 Å². The molecule has 0 unspecified atom stereocenters. The highest BCUT2D eigenvalue weighted by Gasteiger charge is 2.24. The molecule has 0 radical (unpaired) electrons. The van der Waals surface area contributed by atoms with E-state index in [1.54, 1.807) is 7.11 Å². The molecule has 0 aliphatic carbocycles. The molecule has 0 bridgehead atoms. The van der Waals surface area contributed by atoms with E-state index in [-0.39, 0.29) is 0 Å². The molecule has 1 rings (SSSR count). The second-order valence-electron chi connectivity index (χ2n) is 3.82. The molecular weight excluding hydrogens is 166 g/mol. The molecule has 2 atom stereocenters. The van der Waals surface area contributed by atoms with Gasteiger partial charge < -0.3 is 9.47 Å². The first kappa shape index (κ1) is 11.0. The molecule has 3 nitrogen and oxygen atoms in total. The number of rotatable bonds is 4. The first-order valence-corrected chi connectivity index (χ1v) is 5.08. The Morgan fingerprint density at radius 2 is 1.92 bits per heavy atom. The maximum absolute atomic E-state index is 5.46. The van der Waals surface area contributed by atoms with Gasteiger partial charge in [0.15, 0.2) is 0 Å².